The summed E-state index contributed by atoms with van der Waals surface area (Å²) in [5.41, 5.74) is 10.1. The SMILES string of the molecule is Cc1cc(C)cc(C(N)CCN(C)Cc2ccco2)c1. The molecule has 1 unspecified atom stereocenters. The van der Waals surface area contributed by atoms with E-state index < -0.39 is 0 Å². The van der Waals surface area contributed by atoms with Gasteiger partial charge in [-0.2, -0.15) is 0 Å². The van der Waals surface area contributed by atoms with E-state index in [-0.39, 0.29) is 6.04 Å². The summed E-state index contributed by atoms with van der Waals surface area (Å²) in [5, 5.41) is 0. The second-order valence-electron chi connectivity index (χ2n) is 5.63. The number of nitrogens with zero attached hydrogens (tertiary/aromatic N) is 1. The molecule has 20 heavy (non-hydrogen) atoms. The van der Waals surface area contributed by atoms with Crippen LogP contribution in [0, 0.1) is 13.8 Å². The molecule has 2 aromatic rings. The normalized spacial score (nSPS) is 12.8. The van der Waals surface area contributed by atoms with Gasteiger partial charge in [0.05, 0.1) is 12.8 Å². The minimum atomic E-state index is 0.0904. The molecule has 0 saturated heterocycles. The van der Waals surface area contributed by atoms with E-state index in [1.54, 1.807) is 6.26 Å². The Bertz CT molecular complexity index is 514. The molecule has 108 valence electrons. The van der Waals surface area contributed by atoms with E-state index >= 15 is 0 Å². The molecule has 1 aromatic carbocycles. The monoisotopic (exact) mass is 272 g/mol. The van der Waals surface area contributed by atoms with Crippen LogP contribution in [0.4, 0.5) is 0 Å². The smallest absolute Gasteiger partial charge is 0.117 e. The van der Waals surface area contributed by atoms with Crippen molar-refractivity contribution in [1.82, 2.24) is 4.90 Å². The van der Waals surface area contributed by atoms with Crippen LogP contribution in [0.3, 0.4) is 0 Å². The molecule has 3 nitrogen and oxygen atoms in total. The van der Waals surface area contributed by atoms with Crippen molar-refractivity contribution in [2.75, 3.05) is 13.6 Å². The molecule has 0 saturated carbocycles. The third-order valence-electron chi connectivity index (χ3n) is 3.50. The zero-order valence-electron chi connectivity index (χ0n) is 12.6. The van der Waals surface area contributed by atoms with Crippen molar-refractivity contribution in [3.63, 3.8) is 0 Å². The maximum absolute atomic E-state index is 6.30. The van der Waals surface area contributed by atoms with Crippen molar-refractivity contribution in [2.45, 2.75) is 32.9 Å². The van der Waals surface area contributed by atoms with Crippen LogP contribution >= 0.6 is 0 Å². The van der Waals surface area contributed by atoms with Gasteiger partial charge in [0.25, 0.3) is 0 Å². The van der Waals surface area contributed by atoms with Crippen molar-refractivity contribution < 1.29 is 4.42 Å². The fraction of sp³-hybridized carbons (Fsp3) is 0.412. The fourth-order valence-corrected chi connectivity index (χ4v) is 2.50. The van der Waals surface area contributed by atoms with Crippen LogP contribution in [0.25, 0.3) is 0 Å². The first-order chi connectivity index (χ1) is 9.54. The Balaban J connectivity index is 1.86. The molecule has 1 heterocycles. The number of nitrogens with two attached hydrogens (primary N) is 1. The lowest BCUT2D eigenvalue weighted by Gasteiger charge is -2.19. The van der Waals surface area contributed by atoms with Gasteiger partial charge in [-0.25, -0.2) is 0 Å². The molecule has 0 fully saturated rings. The Hall–Kier alpha value is -1.58. The maximum atomic E-state index is 6.30. The summed E-state index contributed by atoms with van der Waals surface area (Å²) >= 11 is 0. The summed E-state index contributed by atoms with van der Waals surface area (Å²) in [5.74, 6) is 0.993. The zero-order chi connectivity index (χ0) is 14.5. The molecule has 0 amide bonds. The van der Waals surface area contributed by atoms with E-state index in [2.05, 4.69) is 44.0 Å². The van der Waals surface area contributed by atoms with Crippen LogP contribution < -0.4 is 5.73 Å². The fourth-order valence-electron chi connectivity index (χ4n) is 2.50. The molecule has 0 spiro atoms. The second kappa shape index (κ2) is 6.73. The van der Waals surface area contributed by atoms with Crippen LogP contribution in [-0.4, -0.2) is 18.5 Å². The minimum Gasteiger partial charge on any atom is -0.468 e. The Labute approximate surface area is 121 Å². The summed E-state index contributed by atoms with van der Waals surface area (Å²) < 4.78 is 5.35. The van der Waals surface area contributed by atoms with Crippen molar-refractivity contribution in [1.29, 1.82) is 0 Å². The molecule has 2 rings (SSSR count). The number of furan rings is 1. The van der Waals surface area contributed by atoms with Gasteiger partial charge < -0.3 is 10.2 Å². The summed E-state index contributed by atoms with van der Waals surface area (Å²) in [6.45, 7) is 6.01. The standard InChI is InChI=1S/C17H24N2O/c1-13-9-14(2)11-15(10-13)17(18)6-7-19(3)12-16-5-4-8-20-16/h4-5,8-11,17H,6-7,12,18H2,1-3H3. The molecule has 3 heteroatoms. The third kappa shape index (κ3) is 4.22. The summed E-state index contributed by atoms with van der Waals surface area (Å²) in [6.07, 6.45) is 2.66. The van der Waals surface area contributed by atoms with E-state index in [9.17, 15) is 0 Å². The molecule has 1 aromatic heterocycles. The van der Waals surface area contributed by atoms with Gasteiger partial charge in [0.1, 0.15) is 5.76 Å². The van der Waals surface area contributed by atoms with Crippen LogP contribution in [0.5, 0.6) is 0 Å². The Kier molecular flexibility index (Phi) is 4.99. The van der Waals surface area contributed by atoms with Crippen molar-refractivity contribution >= 4 is 0 Å². The molecular weight excluding hydrogens is 248 g/mol. The maximum Gasteiger partial charge on any atom is 0.117 e. The Morgan fingerprint density at radius 3 is 2.50 bits per heavy atom. The van der Waals surface area contributed by atoms with E-state index in [1.165, 1.54) is 16.7 Å². The number of hydrogen-bond donors (Lipinski definition) is 1. The molecule has 2 N–H and O–H groups in total. The van der Waals surface area contributed by atoms with Crippen LogP contribution in [0.1, 0.15) is 34.9 Å². The lowest BCUT2D eigenvalue weighted by atomic mass is 10.00. The van der Waals surface area contributed by atoms with Gasteiger partial charge in [-0.05, 0) is 45.0 Å². The predicted molar refractivity (Wildman–Crippen MR) is 82.5 cm³/mol. The highest BCUT2D eigenvalue weighted by Crippen LogP contribution is 2.18. The van der Waals surface area contributed by atoms with E-state index in [1.807, 2.05) is 12.1 Å². The topological polar surface area (TPSA) is 42.4 Å². The van der Waals surface area contributed by atoms with Gasteiger partial charge in [0.15, 0.2) is 0 Å². The molecule has 1 atom stereocenters. The molecule has 0 aliphatic rings. The summed E-state index contributed by atoms with van der Waals surface area (Å²) in [7, 11) is 2.09. The number of aryl methyl sites for hydroxylation is 2. The molecule has 0 aliphatic heterocycles. The van der Waals surface area contributed by atoms with E-state index in [0.717, 1.165) is 25.3 Å². The van der Waals surface area contributed by atoms with Crippen molar-refractivity contribution in [2.24, 2.45) is 5.73 Å². The number of hydrogen-bond acceptors (Lipinski definition) is 3. The van der Waals surface area contributed by atoms with Gasteiger partial charge >= 0.3 is 0 Å². The Morgan fingerprint density at radius 2 is 1.90 bits per heavy atom. The predicted octanol–water partition coefficient (Wildman–Crippen LogP) is 3.42. The highest BCUT2D eigenvalue weighted by molar-refractivity contribution is 5.30. The van der Waals surface area contributed by atoms with Gasteiger partial charge in [0, 0.05) is 12.6 Å². The lowest BCUT2D eigenvalue weighted by molar-refractivity contribution is 0.284. The van der Waals surface area contributed by atoms with Crippen molar-refractivity contribution in [3.8, 4) is 0 Å². The average Bonchev–Trinajstić information content (AvgIpc) is 2.87. The summed E-state index contributed by atoms with van der Waals surface area (Å²) in [6, 6.07) is 10.6. The third-order valence-corrected chi connectivity index (χ3v) is 3.50. The van der Waals surface area contributed by atoms with Crippen LogP contribution in [-0.2, 0) is 6.54 Å². The first-order valence-corrected chi connectivity index (χ1v) is 7.09. The van der Waals surface area contributed by atoms with Crippen LogP contribution in [0.2, 0.25) is 0 Å². The molecule has 0 radical (unpaired) electrons. The van der Waals surface area contributed by atoms with Gasteiger partial charge in [-0.1, -0.05) is 29.3 Å². The van der Waals surface area contributed by atoms with E-state index in [0.29, 0.717) is 0 Å². The Morgan fingerprint density at radius 1 is 1.20 bits per heavy atom. The molecular formula is C17H24N2O. The van der Waals surface area contributed by atoms with Gasteiger partial charge in [0.2, 0.25) is 0 Å². The number of rotatable bonds is 6. The second-order valence-corrected chi connectivity index (χ2v) is 5.63. The minimum absolute atomic E-state index is 0.0904. The first kappa shape index (κ1) is 14.8. The highest BCUT2D eigenvalue weighted by Gasteiger charge is 2.09. The van der Waals surface area contributed by atoms with Crippen molar-refractivity contribution in [3.05, 3.63) is 59.0 Å². The average molecular weight is 272 g/mol. The van der Waals surface area contributed by atoms with Crippen LogP contribution in [0.15, 0.2) is 41.0 Å². The van der Waals surface area contributed by atoms with Gasteiger partial charge in [-0.3, -0.25) is 4.90 Å². The largest absolute Gasteiger partial charge is 0.468 e. The lowest BCUT2D eigenvalue weighted by Crippen LogP contribution is -2.23. The molecule has 0 bridgehead atoms. The zero-order valence-corrected chi connectivity index (χ0v) is 12.6. The van der Waals surface area contributed by atoms with E-state index in [4.69, 9.17) is 10.2 Å². The molecule has 0 aliphatic carbocycles. The number of benzene rings is 1. The summed E-state index contributed by atoms with van der Waals surface area (Å²) in [4.78, 5) is 2.24. The highest BCUT2D eigenvalue weighted by atomic mass is 16.3. The quantitative estimate of drug-likeness (QED) is 0.876. The van der Waals surface area contributed by atoms with Gasteiger partial charge in [-0.15, -0.1) is 0 Å². The first-order valence-electron chi connectivity index (χ1n) is 7.09.